The first-order chi connectivity index (χ1) is 13.9. The summed E-state index contributed by atoms with van der Waals surface area (Å²) < 4.78 is 18.5. The highest BCUT2D eigenvalue weighted by Gasteiger charge is 2.43. The average Bonchev–Trinajstić information content (AvgIpc) is 3.00. The first-order valence-corrected chi connectivity index (χ1v) is 9.30. The van der Waals surface area contributed by atoms with E-state index in [1.165, 1.54) is 12.1 Å². The fraction of sp³-hybridized carbons (Fsp3) is 0.333. The van der Waals surface area contributed by atoms with Crippen molar-refractivity contribution in [3.05, 3.63) is 71.5 Å². The molecular formula is C21H23FN2O5. The van der Waals surface area contributed by atoms with Crippen molar-refractivity contribution in [3.63, 3.8) is 0 Å². The fourth-order valence-electron chi connectivity index (χ4n) is 3.11. The molecule has 2 aromatic carbocycles. The summed E-state index contributed by atoms with van der Waals surface area (Å²) in [5, 5.41) is 25.6. The van der Waals surface area contributed by atoms with Crippen molar-refractivity contribution in [2.24, 2.45) is 0 Å². The summed E-state index contributed by atoms with van der Waals surface area (Å²) in [5.41, 5.74) is 1.20. The van der Waals surface area contributed by atoms with E-state index < -0.39 is 24.4 Å². The van der Waals surface area contributed by atoms with Gasteiger partial charge >= 0.3 is 0 Å². The minimum atomic E-state index is -1.25. The zero-order valence-electron chi connectivity index (χ0n) is 15.6. The summed E-state index contributed by atoms with van der Waals surface area (Å²) in [6.07, 6.45) is -4.33. The van der Waals surface area contributed by atoms with Gasteiger partial charge in [0.2, 0.25) is 5.91 Å². The molecule has 2 amide bonds. The second kappa shape index (κ2) is 9.60. The molecule has 2 aromatic rings. The number of hydrogen-bond donors (Lipinski definition) is 4. The molecule has 1 heterocycles. The van der Waals surface area contributed by atoms with E-state index in [9.17, 15) is 24.2 Å². The SMILES string of the molecule is O=C(C[C@@H]1O[C@H](CNC(=O)c2ccccc2)[C@@H](O)[C@H]1O)NCc1ccc(F)cc1. The van der Waals surface area contributed by atoms with Crippen molar-refractivity contribution in [1.82, 2.24) is 10.6 Å². The van der Waals surface area contributed by atoms with Gasteiger partial charge in [0.25, 0.3) is 5.91 Å². The number of carbonyl (C=O) groups is 2. The Morgan fingerprint density at radius 2 is 1.59 bits per heavy atom. The highest BCUT2D eigenvalue weighted by molar-refractivity contribution is 5.94. The van der Waals surface area contributed by atoms with Crippen LogP contribution in [0, 0.1) is 5.82 Å². The first kappa shape index (κ1) is 20.9. The van der Waals surface area contributed by atoms with Crippen molar-refractivity contribution in [3.8, 4) is 0 Å². The largest absolute Gasteiger partial charge is 0.388 e. The van der Waals surface area contributed by atoms with E-state index in [2.05, 4.69) is 10.6 Å². The lowest BCUT2D eigenvalue weighted by atomic mass is 10.1. The molecule has 0 bridgehead atoms. The molecule has 1 aliphatic heterocycles. The number of benzene rings is 2. The molecule has 1 aliphatic rings. The topological polar surface area (TPSA) is 108 Å². The van der Waals surface area contributed by atoms with Crippen LogP contribution in [0.3, 0.4) is 0 Å². The maximum atomic E-state index is 12.9. The van der Waals surface area contributed by atoms with Gasteiger partial charge in [0.05, 0.1) is 12.5 Å². The number of carbonyl (C=O) groups excluding carboxylic acids is 2. The van der Waals surface area contributed by atoms with E-state index in [0.29, 0.717) is 5.56 Å². The van der Waals surface area contributed by atoms with Crippen LogP contribution in [-0.2, 0) is 16.1 Å². The minimum Gasteiger partial charge on any atom is -0.388 e. The quantitative estimate of drug-likeness (QED) is 0.547. The average molecular weight is 402 g/mol. The van der Waals surface area contributed by atoms with E-state index in [4.69, 9.17) is 4.74 Å². The molecule has 4 N–H and O–H groups in total. The maximum Gasteiger partial charge on any atom is 0.251 e. The van der Waals surface area contributed by atoms with Crippen LogP contribution >= 0.6 is 0 Å². The Hall–Kier alpha value is -2.81. The van der Waals surface area contributed by atoms with Gasteiger partial charge in [0.15, 0.2) is 0 Å². The summed E-state index contributed by atoms with van der Waals surface area (Å²) in [6, 6.07) is 14.3. The number of hydrogen-bond acceptors (Lipinski definition) is 5. The third-order valence-corrected chi connectivity index (χ3v) is 4.75. The predicted octanol–water partition coefficient (Wildman–Crippen LogP) is 0.751. The predicted molar refractivity (Wildman–Crippen MR) is 102 cm³/mol. The number of nitrogens with one attached hydrogen (secondary N) is 2. The summed E-state index contributed by atoms with van der Waals surface area (Å²) in [5.74, 6) is -1.06. The van der Waals surface area contributed by atoms with E-state index in [-0.39, 0.29) is 37.1 Å². The zero-order chi connectivity index (χ0) is 20.8. The molecule has 4 atom stereocenters. The molecule has 0 saturated carbocycles. The van der Waals surface area contributed by atoms with Crippen LogP contribution in [0.2, 0.25) is 0 Å². The van der Waals surface area contributed by atoms with Gasteiger partial charge in [-0.05, 0) is 29.8 Å². The molecule has 0 aliphatic carbocycles. The number of amides is 2. The molecule has 154 valence electrons. The van der Waals surface area contributed by atoms with Crippen molar-refractivity contribution >= 4 is 11.8 Å². The third-order valence-electron chi connectivity index (χ3n) is 4.75. The van der Waals surface area contributed by atoms with Gasteiger partial charge in [-0.1, -0.05) is 30.3 Å². The molecule has 0 aromatic heterocycles. The van der Waals surface area contributed by atoms with E-state index in [0.717, 1.165) is 5.56 Å². The van der Waals surface area contributed by atoms with E-state index in [1.54, 1.807) is 42.5 Å². The monoisotopic (exact) mass is 402 g/mol. The number of aliphatic hydroxyl groups excluding tert-OH is 2. The first-order valence-electron chi connectivity index (χ1n) is 9.30. The molecule has 7 nitrogen and oxygen atoms in total. The third kappa shape index (κ3) is 5.60. The van der Waals surface area contributed by atoms with Gasteiger partial charge in [-0.25, -0.2) is 4.39 Å². The standard InChI is InChI=1S/C21H23FN2O5/c22-15-8-6-13(7-9-15)11-23-18(25)10-16-19(26)20(27)17(29-16)12-24-21(28)14-4-2-1-3-5-14/h1-9,16-17,19-20,26-27H,10-12H2,(H,23,25)(H,24,28)/t16-,17+,19-,20+/m0/s1. The molecule has 0 spiro atoms. The second-order valence-electron chi connectivity index (χ2n) is 6.88. The summed E-state index contributed by atoms with van der Waals surface area (Å²) in [6.45, 7) is 0.209. The van der Waals surface area contributed by atoms with Gasteiger partial charge < -0.3 is 25.6 Å². The Morgan fingerprint density at radius 3 is 2.28 bits per heavy atom. The smallest absolute Gasteiger partial charge is 0.251 e. The lowest BCUT2D eigenvalue weighted by molar-refractivity contribution is -0.125. The van der Waals surface area contributed by atoms with Crippen LogP contribution in [0.15, 0.2) is 54.6 Å². The molecule has 3 rings (SSSR count). The van der Waals surface area contributed by atoms with Crippen LogP contribution in [0.1, 0.15) is 22.3 Å². The summed E-state index contributed by atoms with van der Waals surface area (Å²) in [7, 11) is 0. The number of halogens is 1. The Balaban J connectivity index is 1.46. The van der Waals surface area contributed by atoms with Gasteiger partial charge in [-0.15, -0.1) is 0 Å². The summed E-state index contributed by atoms with van der Waals surface area (Å²) in [4.78, 5) is 24.2. The molecule has 1 fully saturated rings. The minimum absolute atomic E-state index is 0.000344. The molecular weight excluding hydrogens is 379 g/mol. The lowest BCUT2D eigenvalue weighted by Gasteiger charge is -2.15. The van der Waals surface area contributed by atoms with Crippen LogP contribution in [-0.4, -0.2) is 53.0 Å². The van der Waals surface area contributed by atoms with E-state index in [1.807, 2.05) is 0 Å². The Bertz CT molecular complexity index is 831. The number of aliphatic hydroxyl groups is 2. The van der Waals surface area contributed by atoms with Crippen molar-refractivity contribution in [2.45, 2.75) is 37.4 Å². The Labute approximate surface area is 167 Å². The highest BCUT2D eigenvalue weighted by Crippen LogP contribution is 2.23. The van der Waals surface area contributed by atoms with Crippen LogP contribution in [0.4, 0.5) is 4.39 Å². The molecule has 1 saturated heterocycles. The van der Waals surface area contributed by atoms with Crippen LogP contribution in [0.25, 0.3) is 0 Å². The maximum absolute atomic E-state index is 12.9. The zero-order valence-corrected chi connectivity index (χ0v) is 15.6. The summed E-state index contributed by atoms with van der Waals surface area (Å²) >= 11 is 0. The molecule has 8 heteroatoms. The highest BCUT2D eigenvalue weighted by atomic mass is 19.1. The van der Waals surface area contributed by atoms with Crippen molar-refractivity contribution in [1.29, 1.82) is 0 Å². The van der Waals surface area contributed by atoms with Crippen LogP contribution < -0.4 is 10.6 Å². The van der Waals surface area contributed by atoms with Gasteiger partial charge in [0, 0.05) is 18.7 Å². The normalized spacial score (nSPS) is 23.6. The molecule has 29 heavy (non-hydrogen) atoms. The Kier molecular flexibility index (Phi) is 6.92. The number of rotatable bonds is 7. The van der Waals surface area contributed by atoms with Gasteiger partial charge in [0.1, 0.15) is 24.1 Å². The Morgan fingerprint density at radius 1 is 0.931 bits per heavy atom. The molecule has 0 unspecified atom stereocenters. The van der Waals surface area contributed by atoms with Crippen molar-refractivity contribution in [2.75, 3.05) is 6.54 Å². The van der Waals surface area contributed by atoms with Crippen molar-refractivity contribution < 1.29 is 28.9 Å². The second-order valence-corrected chi connectivity index (χ2v) is 6.88. The molecule has 0 radical (unpaired) electrons. The fourth-order valence-corrected chi connectivity index (χ4v) is 3.11. The van der Waals surface area contributed by atoms with Crippen LogP contribution in [0.5, 0.6) is 0 Å². The number of ether oxygens (including phenoxy) is 1. The van der Waals surface area contributed by atoms with E-state index >= 15 is 0 Å². The van der Waals surface area contributed by atoms with Gasteiger partial charge in [-0.2, -0.15) is 0 Å². The lowest BCUT2D eigenvalue weighted by Crippen LogP contribution is -2.40. The van der Waals surface area contributed by atoms with Gasteiger partial charge in [-0.3, -0.25) is 9.59 Å².